The molecule has 8 heteroatoms. The van der Waals surface area contributed by atoms with Gasteiger partial charge in [-0.15, -0.1) is 0 Å². The molecule has 0 saturated carbocycles. The number of para-hydroxylation sites is 1. The van der Waals surface area contributed by atoms with E-state index in [9.17, 15) is 14.0 Å². The summed E-state index contributed by atoms with van der Waals surface area (Å²) in [6.07, 6.45) is 1.87. The highest BCUT2D eigenvalue weighted by Crippen LogP contribution is 2.24. The van der Waals surface area contributed by atoms with Gasteiger partial charge in [0.1, 0.15) is 11.6 Å². The molecule has 0 fully saturated rings. The van der Waals surface area contributed by atoms with Crippen molar-refractivity contribution in [1.82, 2.24) is 20.4 Å². The van der Waals surface area contributed by atoms with Crippen LogP contribution in [0.1, 0.15) is 29.8 Å². The number of nitrogens with zero attached hydrogens (tertiary/aromatic N) is 2. The molecule has 0 saturated heterocycles. The number of benzene rings is 3. The van der Waals surface area contributed by atoms with Gasteiger partial charge in [-0.2, -0.15) is 5.10 Å². The number of nitrogens with one attached hydrogen (secondary N) is 2. The van der Waals surface area contributed by atoms with Gasteiger partial charge in [-0.3, -0.25) is 9.59 Å². The monoisotopic (exact) mass is 486 g/mol. The Morgan fingerprint density at radius 3 is 2.31 bits per heavy atom. The molecule has 0 aliphatic carbocycles. The fourth-order valence-corrected chi connectivity index (χ4v) is 3.58. The third-order valence-electron chi connectivity index (χ3n) is 5.30. The molecule has 0 aliphatic rings. The van der Waals surface area contributed by atoms with Gasteiger partial charge >= 0.3 is 0 Å². The molecule has 184 valence electrons. The summed E-state index contributed by atoms with van der Waals surface area (Å²) in [5.41, 5.74) is 3.41. The van der Waals surface area contributed by atoms with E-state index in [1.807, 2.05) is 50.4 Å². The standard InChI is InChI=1S/C28H27FN4O3/c1-19(2)36-25-14-10-21(11-15-25)28(35)31-17-26(34)30-16-22-18-33(24-6-4-3-5-7-24)32-27(22)20-8-12-23(29)13-9-20/h3-15,18-19H,16-17H2,1-2H3,(H,30,34)(H,31,35). The molecule has 4 aromatic rings. The first-order valence-corrected chi connectivity index (χ1v) is 11.6. The number of carbonyl (C=O) groups is 2. The van der Waals surface area contributed by atoms with Gasteiger partial charge < -0.3 is 15.4 Å². The van der Waals surface area contributed by atoms with Crippen LogP contribution < -0.4 is 15.4 Å². The van der Waals surface area contributed by atoms with Crippen LogP contribution >= 0.6 is 0 Å². The zero-order chi connectivity index (χ0) is 25.5. The van der Waals surface area contributed by atoms with E-state index < -0.39 is 0 Å². The van der Waals surface area contributed by atoms with Crippen LogP contribution in [0.5, 0.6) is 5.75 Å². The van der Waals surface area contributed by atoms with Crippen molar-refractivity contribution < 1.29 is 18.7 Å². The summed E-state index contributed by atoms with van der Waals surface area (Å²) in [6, 6.07) is 22.3. The van der Waals surface area contributed by atoms with Crippen molar-refractivity contribution in [3.05, 3.63) is 102 Å². The second-order valence-electron chi connectivity index (χ2n) is 8.44. The number of amides is 2. The lowest BCUT2D eigenvalue weighted by Crippen LogP contribution is -2.36. The average molecular weight is 487 g/mol. The van der Waals surface area contributed by atoms with E-state index in [0.717, 1.165) is 16.8 Å². The van der Waals surface area contributed by atoms with Crippen molar-refractivity contribution in [2.75, 3.05) is 6.54 Å². The van der Waals surface area contributed by atoms with Gasteiger partial charge in [0.15, 0.2) is 0 Å². The first kappa shape index (κ1) is 24.7. The van der Waals surface area contributed by atoms with E-state index in [4.69, 9.17) is 4.74 Å². The highest BCUT2D eigenvalue weighted by Gasteiger charge is 2.14. The molecular weight excluding hydrogens is 459 g/mol. The largest absolute Gasteiger partial charge is 0.491 e. The molecule has 1 aromatic heterocycles. The highest BCUT2D eigenvalue weighted by molar-refractivity contribution is 5.96. The number of aromatic nitrogens is 2. The Hall–Kier alpha value is -4.46. The van der Waals surface area contributed by atoms with Crippen molar-refractivity contribution in [2.24, 2.45) is 0 Å². The minimum Gasteiger partial charge on any atom is -0.491 e. The van der Waals surface area contributed by atoms with Gasteiger partial charge in [-0.1, -0.05) is 18.2 Å². The number of rotatable bonds is 9. The van der Waals surface area contributed by atoms with Gasteiger partial charge in [-0.25, -0.2) is 9.07 Å². The molecule has 0 spiro atoms. The fraction of sp³-hybridized carbons (Fsp3) is 0.179. The lowest BCUT2D eigenvalue weighted by molar-refractivity contribution is -0.120. The van der Waals surface area contributed by atoms with Gasteiger partial charge in [0.25, 0.3) is 5.91 Å². The fourth-order valence-electron chi connectivity index (χ4n) is 3.58. The van der Waals surface area contributed by atoms with E-state index in [1.165, 1.54) is 12.1 Å². The van der Waals surface area contributed by atoms with Crippen molar-refractivity contribution in [3.63, 3.8) is 0 Å². The SMILES string of the molecule is CC(C)Oc1ccc(C(=O)NCC(=O)NCc2cn(-c3ccccc3)nc2-c2ccc(F)cc2)cc1. The van der Waals surface area contributed by atoms with Gasteiger partial charge in [-0.05, 0) is 74.5 Å². The van der Waals surface area contributed by atoms with Crippen LogP contribution in [0, 0.1) is 5.82 Å². The van der Waals surface area contributed by atoms with Crippen LogP contribution in [0.4, 0.5) is 4.39 Å². The zero-order valence-electron chi connectivity index (χ0n) is 20.1. The van der Waals surface area contributed by atoms with Crippen LogP contribution in [-0.4, -0.2) is 34.2 Å². The molecule has 4 rings (SSSR count). The summed E-state index contributed by atoms with van der Waals surface area (Å²) in [7, 11) is 0. The third-order valence-corrected chi connectivity index (χ3v) is 5.30. The first-order chi connectivity index (χ1) is 17.4. The Bertz CT molecular complexity index is 1320. The Labute approximate surface area is 208 Å². The molecule has 2 N–H and O–H groups in total. The Morgan fingerprint density at radius 2 is 1.64 bits per heavy atom. The minimum absolute atomic E-state index is 0.0387. The van der Waals surface area contributed by atoms with E-state index in [-0.39, 0.29) is 36.8 Å². The predicted molar refractivity (Wildman–Crippen MR) is 135 cm³/mol. The number of carbonyl (C=O) groups excluding carboxylic acids is 2. The molecule has 0 aliphatic heterocycles. The molecule has 0 bridgehead atoms. The van der Waals surface area contributed by atoms with Crippen LogP contribution in [0.25, 0.3) is 16.9 Å². The predicted octanol–water partition coefficient (Wildman–Crippen LogP) is 4.51. The van der Waals surface area contributed by atoms with Gasteiger partial charge in [0.05, 0.1) is 24.0 Å². The number of ether oxygens (including phenoxy) is 1. The van der Waals surface area contributed by atoms with Crippen molar-refractivity contribution in [3.8, 4) is 22.7 Å². The molecule has 7 nitrogen and oxygen atoms in total. The molecule has 3 aromatic carbocycles. The van der Waals surface area contributed by atoms with E-state index in [1.54, 1.807) is 41.1 Å². The van der Waals surface area contributed by atoms with Crippen LogP contribution in [0.3, 0.4) is 0 Å². The Balaban J connectivity index is 1.40. The summed E-state index contributed by atoms with van der Waals surface area (Å²) in [4.78, 5) is 24.9. The average Bonchev–Trinajstić information content (AvgIpc) is 3.31. The molecule has 0 unspecified atom stereocenters. The smallest absolute Gasteiger partial charge is 0.251 e. The van der Waals surface area contributed by atoms with Crippen LogP contribution in [-0.2, 0) is 11.3 Å². The van der Waals surface area contributed by atoms with Crippen molar-refractivity contribution >= 4 is 11.8 Å². The molecule has 1 heterocycles. The summed E-state index contributed by atoms with van der Waals surface area (Å²) >= 11 is 0. The maximum Gasteiger partial charge on any atom is 0.251 e. The second kappa shape index (κ2) is 11.3. The topological polar surface area (TPSA) is 85.2 Å². The summed E-state index contributed by atoms with van der Waals surface area (Å²) in [6.45, 7) is 3.86. The zero-order valence-corrected chi connectivity index (χ0v) is 20.1. The normalized spacial score (nSPS) is 10.8. The lowest BCUT2D eigenvalue weighted by atomic mass is 10.1. The third kappa shape index (κ3) is 6.35. The summed E-state index contributed by atoms with van der Waals surface area (Å²) in [5.74, 6) is -0.369. The van der Waals surface area contributed by atoms with Crippen molar-refractivity contribution in [1.29, 1.82) is 0 Å². The minimum atomic E-state index is -0.356. The van der Waals surface area contributed by atoms with E-state index in [0.29, 0.717) is 17.0 Å². The summed E-state index contributed by atoms with van der Waals surface area (Å²) < 4.78 is 20.7. The van der Waals surface area contributed by atoms with Crippen LogP contribution in [0.15, 0.2) is 85.1 Å². The summed E-state index contributed by atoms with van der Waals surface area (Å²) in [5, 5.41) is 10.1. The molecular formula is C28H27FN4O3. The Kier molecular flexibility index (Phi) is 7.75. The van der Waals surface area contributed by atoms with E-state index >= 15 is 0 Å². The number of halogens is 1. The molecule has 36 heavy (non-hydrogen) atoms. The van der Waals surface area contributed by atoms with Crippen LogP contribution in [0.2, 0.25) is 0 Å². The lowest BCUT2D eigenvalue weighted by Gasteiger charge is -2.10. The first-order valence-electron chi connectivity index (χ1n) is 11.6. The number of hydrogen-bond donors (Lipinski definition) is 2. The van der Waals surface area contributed by atoms with Crippen molar-refractivity contribution in [2.45, 2.75) is 26.5 Å². The molecule has 2 amide bonds. The maximum atomic E-state index is 13.4. The van der Waals surface area contributed by atoms with Gasteiger partial charge in [0, 0.05) is 29.4 Å². The number of hydrogen-bond acceptors (Lipinski definition) is 4. The second-order valence-corrected chi connectivity index (χ2v) is 8.44. The molecule has 0 radical (unpaired) electrons. The Morgan fingerprint density at radius 1 is 0.944 bits per heavy atom. The molecule has 0 atom stereocenters. The quantitative estimate of drug-likeness (QED) is 0.365. The van der Waals surface area contributed by atoms with Gasteiger partial charge in [0.2, 0.25) is 5.91 Å². The highest BCUT2D eigenvalue weighted by atomic mass is 19.1. The maximum absolute atomic E-state index is 13.4. The van der Waals surface area contributed by atoms with E-state index in [2.05, 4.69) is 15.7 Å².